The summed E-state index contributed by atoms with van der Waals surface area (Å²) >= 11 is 12.6. The Balaban J connectivity index is 2.13. The molecule has 0 atom stereocenters. The number of hydrogen-bond donors (Lipinski definition) is 0. The molecule has 100 valence electrons. The average molecular weight is 301 g/mol. The second-order valence-corrected chi connectivity index (χ2v) is 5.76. The van der Waals surface area contributed by atoms with Crippen molar-refractivity contribution in [2.45, 2.75) is 12.8 Å². The lowest BCUT2D eigenvalue weighted by Crippen LogP contribution is -2.00. The molecule has 2 heteroatoms. The molecule has 0 saturated heterocycles. The number of allylic oxidation sites excluding steroid dienone is 4. The average Bonchev–Trinajstić information content (AvgIpc) is 2.51. The van der Waals surface area contributed by atoms with E-state index in [1.165, 1.54) is 22.3 Å². The van der Waals surface area contributed by atoms with E-state index in [2.05, 4.69) is 48.5 Å². The summed E-state index contributed by atoms with van der Waals surface area (Å²) in [5.41, 5.74) is 4.97. The van der Waals surface area contributed by atoms with E-state index in [0.717, 1.165) is 10.1 Å². The molecule has 0 heterocycles. The van der Waals surface area contributed by atoms with E-state index < -0.39 is 0 Å². The van der Waals surface area contributed by atoms with Crippen molar-refractivity contribution in [2.75, 3.05) is 0 Å². The SMILES string of the molecule is ClC1=C(Cl)CC(c2ccccc2)=C(c2ccccc2)C1. The van der Waals surface area contributed by atoms with Crippen molar-refractivity contribution >= 4 is 34.3 Å². The van der Waals surface area contributed by atoms with Crippen LogP contribution in [0, 0.1) is 0 Å². The molecule has 0 aromatic heterocycles. The Hall–Kier alpha value is -1.50. The highest BCUT2D eigenvalue weighted by atomic mass is 35.5. The summed E-state index contributed by atoms with van der Waals surface area (Å²) in [6, 6.07) is 20.8. The van der Waals surface area contributed by atoms with Crippen molar-refractivity contribution in [3.05, 3.63) is 81.9 Å². The van der Waals surface area contributed by atoms with Gasteiger partial charge >= 0.3 is 0 Å². The molecule has 3 rings (SSSR count). The van der Waals surface area contributed by atoms with Crippen LogP contribution in [-0.2, 0) is 0 Å². The van der Waals surface area contributed by atoms with Crippen molar-refractivity contribution < 1.29 is 0 Å². The maximum absolute atomic E-state index is 6.28. The number of hydrogen-bond acceptors (Lipinski definition) is 0. The lowest BCUT2D eigenvalue weighted by atomic mass is 9.87. The highest BCUT2D eigenvalue weighted by molar-refractivity contribution is 6.40. The van der Waals surface area contributed by atoms with Crippen LogP contribution in [0.15, 0.2) is 70.7 Å². The van der Waals surface area contributed by atoms with Gasteiger partial charge in [0.1, 0.15) is 0 Å². The zero-order chi connectivity index (χ0) is 13.9. The minimum atomic E-state index is 0.703. The molecule has 1 aliphatic rings. The largest absolute Gasteiger partial charge is 0.0875 e. The first-order valence-electron chi connectivity index (χ1n) is 6.61. The van der Waals surface area contributed by atoms with Crippen molar-refractivity contribution in [1.29, 1.82) is 0 Å². The minimum Gasteiger partial charge on any atom is -0.0875 e. The van der Waals surface area contributed by atoms with Gasteiger partial charge in [-0.3, -0.25) is 0 Å². The van der Waals surface area contributed by atoms with E-state index in [4.69, 9.17) is 23.2 Å². The van der Waals surface area contributed by atoms with Crippen molar-refractivity contribution in [2.24, 2.45) is 0 Å². The van der Waals surface area contributed by atoms with Crippen LogP contribution in [0.4, 0.5) is 0 Å². The lowest BCUT2D eigenvalue weighted by molar-refractivity contribution is 1.21. The molecule has 0 bridgehead atoms. The topological polar surface area (TPSA) is 0 Å². The Morgan fingerprint density at radius 1 is 0.550 bits per heavy atom. The Kier molecular flexibility index (Phi) is 3.95. The molecular weight excluding hydrogens is 287 g/mol. The molecule has 2 aromatic carbocycles. The Labute approximate surface area is 129 Å². The molecular formula is C18H14Cl2. The number of halogens is 2. The summed E-state index contributed by atoms with van der Waals surface area (Å²) in [6.07, 6.45) is 1.41. The summed E-state index contributed by atoms with van der Waals surface area (Å²) in [5, 5.41) is 1.51. The van der Waals surface area contributed by atoms with Crippen LogP contribution in [0.2, 0.25) is 0 Å². The smallest absolute Gasteiger partial charge is 0.0373 e. The molecule has 0 fully saturated rings. The third kappa shape index (κ3) is 2.67. The molecule has 0 nitrogen and oxygen atoms in total. The minimum absolute atomic E-state index is 0.703. The number of benzene rings is 2. The molecule has 0 aliphatic heterocycles. The molecule has 2 aromatic rings. The Morgan fingerprint density at radius 2 is 0.900 bits per heavy atom. The van der Waals surface area contributed by atoms with Crippen LogP contribution in [-0.4, -0.2) is 0 Å². The van der Waals surface area contributed by atoms with Gasteiger partial charge in [0.2, 0.25) is 0 Å². The van der Waals surface area contributed by atoms with Gasteiger partial charge in [0.25, 0.3) is 0 Å². The summed E-state index contributed by atoms with van der Waals surface area (Å²) in [6.45, 7) is 0. The fourth-order valence-electron chi connectivity index (χ4n) is 2.55. The Bertz CT molecular complexity index is 608. The van der Waals surface area contributed by atoms with Crippen molar-refractivity contribution in [3.63, 3.8) is 0 Å². The van der Waals surface area contributed by atoms with Crippen LogP contribution in [0.3, 0.4) is 0 Å². The second-order valence-electron chi connectivity index (χ2n) is 4.85. The third-order valence-corrected chi connectivity index (χ3v) is 4.39. The van der Waals surface area contributed by atoms with E-state index in [1.54, 1.807) is 0 Å². The van der Waals surface area contributed by atoms with Gasteiger partial charge in [-0.25, -0.2) is 0 Å². The van der Waals surface area contributed by atoms with Gasteiger partial charge < -0.3 is 0 Å². The van der Waals surface area contributed by atoms with Crippen LogP contribution in [0.5, 0.6) is 0 Å². The van der Waals surface area contributed by atoms with Gasteiger partial charge in [-0.15, -0.1) is 0 Å². The fraction of sp³-hybridized carbons (Fsp3) is 0.111. The predicted octanol–water partition coefficient (Wildman–Crippen LogP) is 6.08. The summed E-state index contributed by atoms with van der Waals surface area (Å²) in [5.74, 6) is 0. The molecule has 0 saturated carbocycles. The van der Waals surface area contributed by atoms with Gasteiger partial charge in [-0.1, -0.05) is 83.9 Å². The van der Waals surface area contributed by atoms with Crippen LogP contribution in [0.25, 0.3) is 11.1 Å². The third-order valence-electron chi connectivity index (χ3n) is 3.57. The summed E-state index contributed by atoms with van der Waals surface area (Å²) in [4.78, 5) is 0. The summed E-state index contributed by atoms with van der Waals surface area (Å²) in [7, 11) is 0. The first kappa shape index (κ1) is 13.5. The first-order valence-corrected chi connectivity index (χ1v) is 7.37. The van der Waals surface area contributed by atoms with Gasteiger partial charge in [0.15, 0.2) is 0 Å². The lowest BCUT2D eigenvalue weighted by Gasteiger charge is -2.21. The zero-order valence-corrected chi connectivity index (χ0v) is 12.5. The molecule has 0 radical (unpaired) electrons. The molecule has 0 amide bonds. The Morgan fingerprint density at radius 3 is 1.25 bits per heavy atom. The van der Waals surface area contributed by atoms with E-state index in [9.17, 15) is 0 Å². The zero-order valence-electron chi connectivity index (χ0n) is 10.9. The normalized spacial score (nSPS) is 15.7. The maximum atomic E-state index is 6.28. The van der Waals surface area contributed by atoms with Gasteiger partial charge in [0.05, 0.1) is 0 Å². The van der Waals surface area contributed by atoms with Gasteiger partial charge in [-0.05, 0) is 22.3 Å². The first-order chi connectivity index (χ1) is 9.75. The quantitative estimate of drug-likeness (QED) is 0.630. The highest BCUT2D eigenvalue weighted by Gasteiger charge is 2.20. The summed E-state index contributed by atoms with van der Waals surface area (Å²) < 4.78 is 0. The van der Waals surface area contributed by atoms with Crippen LogP contribution < -0.4 is 0 Å². The monoisotopic (exact) mass is 300 g/mol. The fourth-order valence-corrected chi connectivity index (χ4v) is 2.95. The van der Waals surface area contributed by atoms with E-state index in [1.807, 2.05) is 12.1 Å². The molecule has 0 N–H and O–H groups in total. The van der Waals surface area contributed by atoms with Crippen LogP contribution in [0.1, 0.15) is 24.0 Å². The number of rotatable bonds is 2. The molecule has 20 heavy (non-hydrogen) atoms. The second kappa shape index (κ2) is 5.87. The van der Waals surface area contributed by atoms with Crippen LogP contribution >= 0.6 is 23.2 Å². The van der Waals surface area contributed by atoms with E-state index in [0.29, 0.717) is 12.8 Å². The predicted molar refractivity (Wildman–Crippen MR) is 87.7 cm³/mol. The van der Waals surface area contributed by atoms with E-state index >= 15 is 0 Å². The molecule has 0 unspecified atom stereocenters. The molecule has 0 spiro atoms. The van der Waals surface area contributed by atoms with Gasteiger partial charge in [-0.2, -0.15) is 0 Å². The van der Waals surface area contributed by atoms with Crippen molar-refractivity contribution in [3.8, 4) is 0 Å². The van der Waals surface area contributed by atoms with Crippen molar-refractivity contribution in [1.82, 2.24) is 0 Å². The highest BCUT2D eigenvalue weighted by Crippen LogP contribution is 2.43. The standard InChI is InChI=1S/C18H14Cl2/c19-17-11-15(13-7-3-1-4-8-13)16(12-18(17)20)14-9-5-2-6-10-14/h1-10H,11-12H2. The molecule has 1 aliphatic carbocycles. The maximum Gasteiger partial charge on any atom is 0.0373 e. The van der Waals surface area contributed by atoms with Gasteiger partial charge in [0, 0.05) is 22.9 Å². The van der Waals surface area contributed by atoms with E-state index in [-0.39, 0.29) is 0 Å².